The second-order valence-electron chi connectivity index (χ2n) is 6.59. The van der Waals surface area contributed by atoms with Gasteiger partial charge in [-0.25, -0.2) is 0 Å². The van der Waals surface area contributed by atoms with Gasteiger partial charge >= 0.3 is 6.18 Å². The number of nitrogens with zero attached hydrogens (tertiary/aromatic N) is 2. The fourth-order valence-corrected chi connectivity index (χ4v) is 3.06. The van der Waals surface area contributed by atoms with Crippen LogP contribution in [0.3, 0.4) is 0 Å². The summed E-state index contributed by atoms with van der Waals surface area (Å²) in [5.41, 5.74) is 1.92. The van der Waals surface area contributed by atoms with E-state index in [4.69, 9.17) is 0 Å². The second kappa shape index (κ2) is 7.84. The Labute approximate surface area is 156 Å². The van der Waals surface area contributed by atoms with Crippen molar-refractivity contribution >= 4 is 5.69 Å². The number of aromatic amines is 1. The smallest absolute Gasteiger partial charge is 0.374 e. The van der Waals surface area contributed by atoms with Crippen LogP contribution in [0.25, 0.3) is 0 Å². The Morgan fingerprint density at radius 2 is 1.78 bits per heavy atom. The number of nitrogens with one attached hydrogen (secondary N) is 2. The molecule has 2 N–H and O–H groups in total. The van der Waals surface area contributed by atoms with Gasteiger partial charge in [-0.2, -0.15) is 18.3 Å². The zero-order valence-corrected chi connectivity index (χ0v) is 15.1. The summed E-state index contributed by atoms with van der Waals surface area (Å²) in [5.74, 6) is 0. The number of rotatable bonds is 6. The summed E-state index contributed by atoms with van der Waals surface area (Å²) in [7, 11) is 3.90. The van der Waals surface area contributed by atoms with E-state index in [0.29, 0.717) is 12.1 Å². The van der Waals surface area contributed by atoms with Gasteiger partial charge in [-0.15, -0.1) is 0 Å². The van der Waals surface area contributed by atoms with Crippen LogP contribution in [0.4, 0.5) is 18.9 Å². The summed E-state index contributed by atoms with van der Waals surface area (Å²) in [6.45, 7) is 0.669. The molecule has 142 valence electrons. The number of benzene rings is 2. The Kier molecular flexibility index (Phi) is 5.51. The molecule has 0 radical (unpaired) electrons. The van der Waals surface area contributed by atoms with Gasteiger partial charge in [0.05, 0.1) is 17.8 Å². The number of aromatic nitrogens is 2. The van der Waals surface area contributed by atoms with Crippen LogP contribution in [0, 0.1) is 0 Å². The number of alkyl halides is 3. The molecule has 1 atom stereocenters. The maximum absolute atomic E-state index is 13.6. The molecule has 0 spiro atoms. The monoisotopic (exact) mass is 374 g/mol. The number of hydrogen-bond acceptors (Lipinski definition) is 3. The molecule has 1 unspecified atom stereocenters. The van der Waals surface area contributed by atoms with Crippen LogP contribution in [0.15, 0.2) is 60.9 Å². The van der Waals surface area contributed by atoms with Crippen molar-refractivity contribution in [2.75, 3.05) is 19.4 Å². The van der Waals surface area contributed by atoms with Crippen molar-refractivity contribution < 1.29 is 13.2 Å². The van der Waals surface area contributed by atoms with E-state index < -0.39 is 17.8 Å². The minimum absolute atomic E-state index is 0.158. The quantitative estimate of drug-likeness (QED) is 0.658. The van der Waals surface area contributed by atoms with Gasteiger partial charge in [-0.05, 0) is 37.4 Å². The molecular formula is C20H21F3N4. The standard InChI is InChI=1S/C20H21F3N4/c1-27(2)13-14-7-3-6-10-18(14)26-19(15-11-24-25-12-15)16-8-4-5-9-17(16)20(21,22)23/h3-12,19,26H,13H2,1-2H3,(H,24,25). The van der Waals surface area contributed by atoms with Crippen LogP contribution >= 0.6 is 0 Å². The number of para-hydroxylation sites is 1. The Morgan fingerprint density at radius 1 is 1.07 bits per heavy atom. The fourth-order valence-electron chi connectivity index (χ4n) is 3.06. The summed E-state index contributed by atoms with van der Waals surface area (Å²) in [6, 6.07) is 12.6. The maximum Gasteiger partial charge on any atom is 0.416 e. The van der Waals surface area contributed by atoms with E-state index in [1.165, 1.54) is 12.1 Å². The maximum atomic E-state index is 13.6. The van der Waals surface area contributed by atoms with Crippen molar-refractivity contribution in [1.82, 2.24) is 15.1 Å². The molecule has 0 amide bonds. The zero-order valence-electron chi connectivity index (χ0n) is 15.1. The third-order valence-electron chi connectivity index (χ3n) is 4.23. The largest absolute Gasteiger partial charge is 0.416 e. The molecule has 0 fully saturated rings. The minimum atomic E-state index is -4.44. The third kappa shape index (κ3) is 4.49. The Bertz CT molecular complexity index is 873. The first-order valence-electron chi connectivity index (χ1n) is 8.50. The molecule has 0 saturated carbocycles. The molecule has 0 aliphatic heterocycles. The van der Waals surface area contributed by atoms with E-state index >= 15 is 0 Å². The lowest BCUT2D eigenvalue weighted by Gasteiger charge is -2.25. The van der Waals surface area contributed by atoms with Crippen LogP contribution in [0.5, 0.6) is 0 Å². The van der Waals surface area contributed by atoms with Gasteiger partial charge in [0.25, 0.3) is 0 Å². The molecule has 27 heavy (non-hydrogen) atoms. The average molecular weight is 374 g/mol. The molecule has 2 aromatic carbocycles. The topological polar surface area (TPSA) is 44.0 Å². The van der Waals surface area contributed by atoms with Gasteiger partial charge in [-0.3, -0.25) is 5.10 Å². The Morgan fingerprint density at radius 3 is 2.44 bits per heavy atom. The van der Waals surface area contributed by atoms with E-state index in [-0.39, 0.29) is 5.56 Å². The van der Waals surface area contributed by atoms with E-state index in [0.717, 1.165) is 17.3 Å². The summed E-state index contributed by atoms with van der Waals surface area (Å²) in [5, 5.41) is 9.91. The van der Waals surface area contributed by atoms with Crippen molar-refractivity contribution in [1.29, 1.82) is 0 Å². The van der Waals surface area contributed by atoms with E-state index in [2.05, 4.69) is 15.5 Å². The van der Waals surface area contributed by atoms with Crippen molar-refractivity contribution in [2.45, 2.75) is 18.8 Å². The normalized spacial score (nSPS) is 13.0. The summed E-state index contributed by atoms with van der Waals surface area (Å²) < 4.78 is 40.7. The number of halogens is 3. The number of anilines is 1. The molecule has 1 heterocycles. The highest BCUT2D eigenvalue weighted by molar-refractivity contribution is 5.55. The van der Waals surface area contributed by atoms with Crippen molar-refractivity contribution in [3.8, 4) is 0 Å². The molecule has 7 heteroatoms. The molecule has 3 aromatic rings. The molecule has 4 nitrogen and oxygen atoms in total. The van der Waals surface area contributed by atoms with Crippen LogP contribution in [0.2, 0.25) is 0 Å². The molecule has 0 aliphatic rings. The first-order valence-corrected chi connectivity index (χ1v) is 8.50. The van der Waals surface area contributed by atoms with Gasteiger partial charge in [-0.1, -0.05) is 36.4 Å². The lowest BCUT2D eigenvalue weighted by molar-refractivity contribution is -0.138. The fraction of sp³-hybridized carbons (Fsp3) is 0.250. The van der Waals surface area contributed by atoms with Crippen LogP contribution < -0.4 is 5.32 Å². The third-order valence-corrected chi connectivity index (χ3v) is 4.23. The Balaban J connectivity index is 2.06. The first kappa shape index (κ1) is 19.0. The SMILES string of the molecule is CN(C)Cc1ccccc1NC(c1cn[nH]c1)c1ccccc1C(F)(F)F. The summed E-state index contributed by atoms with van der Waals surface area (Å²) in [6.07, 6.45) is -1.29. The van der Waals surface area contributed by atoms with Gasteiger partial charge in [0.1, 0.15) is 0 Å². The number of H-pyrrole nitrogens is 1. The number of hydrogen-bond donors (Lipinski definition) is 2. The van der Waals surface area contributed by atoms with Gasteiger partial charge in [0.2, 0.25) is 0 Å². The molecule has 0 saturated heterocycles. The predicted molar refractivity (Wildman–Crippen MR) is 99.3 cm³/mol. The van der Waals surface area contributed by atoms with E-state index in [9.17, 15) is 13.2 Å². The molecule has 1 aromatic heterocycles. The lowest BCUT2D eigenvalue weighted by atomic mass is 9.95. The van der Waals surface area contributed by atoms with E-state index in [1.54, 1.807) is 18.5 Å². The Hall–Kier alpha value is -2.80. The summed E-state index contributed by atoms with van der Waals surface area (Å²) in [4.78, 5) is 2.01. The molecule has 0 bridgehead atoms. The van der Waals surface area contributed by atoms with Crippen LogP contribution in [-0.4, -0.2) is 29.2 Å². The van der Waals surface area contributed by atoms with Crippen molar-refractivity contribution in [3.63, 3.8) is 0 Å². The van der Waals surface area contributed by atoms with Gasteiger partial charge < -0.3 is 10.2 Å². The molecule has 0 aliphatic carbocycles. The van der Waals surface area contributed by atoms with Crippen LogP contribution in [0.1, 0.15) is 28.3 Å². The highest BCUT2D eigenvalue weighted by atomic mass is 19.4. The second-order valence-corrected chi connectivity index (χ2v) is 6.59. The van der Waals surface area contributed by atoms with Gasteiger partial charge in [0.15, 0.2) is 0 Å². The average Bonchev–Trinajstić information content (AvgIpc) is 3.14. The minimum Gasteiger partial charge on any atom is -0.374 e. The van der Waals surface area contributed by atoms with E-state index in [1.807, 2.05) is 43.3 Å². The molecular weight excluding hydrogens is 353 g/mol. The van der Waals surface area contributed by atoms with Crippen molar-refractivity contribution in [3.05, 3.63) is 83.2 Å². The first-order chi connectivity index (χ1) is 12.9. The zero-order chi connectivity index (χ0) is 19.4. The molecule has 3 rings (SSSR count). The summed E-state index contributed by atoms with van der Waals surface area (Å²) >= 11 is 0. The lowest BCUT2D eigenvalue weighted by Crippen LogP contribution is -2.19. The highest BCUT2D eigenvalue weighted by Crippen LogP contribution is 2.38. The van der Waals surface area contributed by atoms with Gasteiger partial charge in [0, 0.05) is 24.0 Å². The highest BCUT2D eigenvalue weighted by Gasteiger charge is 2.35. The predicted octanol–water partition coefficient (Wildman–Crippen LogP) is 4.69. The van der Waals surface area contributed by atoms with Crippen molar-refractivity contribution in [2.24, 2.45) is 0 Å². The van der Waals surface area contributed by atoms with Crippen LogP contribution in [-0.2, 0) is 12.7 Å².